The van der Waals surface area contributed by atoms with Crippen LogP contribution in [0.3, 0.4) is 0 Å². The zero-order valence-electron chi connectivity index (χ0n) is 13.5. The Bertz CT molecular complexity index is 427. The first-order valence-electron chi connectivity index (χ1n) is 7.93. The van der Waals surface area contributed by atoms with Crippen LogP contribution in [0.5, 0.6) is 0 Å². The molecule has 1 amide bonds. The van der Waals surface area contributed by atoms with E-state index in [2.05, 4.69) is 17.6 Å². The Morgan fingerprint density at radius 3 is 2.43 bits per heavy atom. The molecule has 0 aromatic rings. The topological polar surface area (TPSA) is 78.4 Å². The molecule has 0 aromatic carbocycles. The van der Waals surface area contributed by atoms with E-state index in [0.29, 0.717) is 6.42 Å². The van der Waals surface area contributed by atoms with Crippen molar-refractivity contribution in [2.45, 2.75) is 53.0 Å². The van der Waals surface area contributed by atoms with Crippen molar-refractivity contribution in [3.8, 4) is 0 Å². The molecule has 1 aliphatic heterocycles. The fraction of sp³-hybridized carbons (Fsp3) is 0.875. The molecule has 2 fully saturated rings. The quantitative estimate of drug-likeness (QED) is 0.739. The number of carbonyl (C=O) groups excluding carboxylic acids is 1. The SMILES string of the molecule is CC1C(NC(=O)C2(C)CCNC2)CCC(C(=O)O)C1(C)C. The van der Waals surface area contributed by atoms with E-state index in [9.17, 15) is 14.7 Å². The molecule has 0 bridgehead atoms. The molecule has 0 spiro atoms. The highest BCUT2D eigenvalue weighted by Crippen LogP contribution is 2.45. The Hall–Kier alpha value is -1.10. The maximum Gasteiger partial charge on any atom is 0.307 e. The van der Waals surface area contributed by atoms with Gasteiger partial charge < -0.3 is 15.7 Å². The molecule has 5 heteroatoms. The Balaban J connectivity index is 2.05. The van der Waals surface area contributed by atoms with E-state index in [1.54, 1.807) is 0 Å². The van der Waals surface area contributed by atoms with Gasteiger partial charge in [-0.15, -0.1) is 0 Å². The van der Waals surface area contributed by atoms with Gasteiger partial charge in [-0.25, -0.2) is 0 Å². The van der Waals surface area contributed by atoms with Gasteiger partial charge in [0.2, 0.25) is 5.91 Å². The molecule has 5 nitrogen and oxygen atoms in total. The number of amides is 1. The first-order valence-corrected chi connectivity index (χ1v) is 7.93. The third kappa shape index (κ3) is 2.93. The van der Waals surface area contributed by atoms with Gasteiger partial charge >= 0.3 is 5.97 Å². The van der Waals surface area contributed by atoms with Gasteiger partial charge in [0.25, 0.3) is 0 Å². The lowest BCUT2D eigenvalue weighted by Crippen LogP contribution is -2.55. The second kappa shape index (κ2) is 5.59. The molecule has 2 aliphatic rings. The van der Waals surface area contributed by atoms with Crippen molar-refractivity contribution in [1.82, 2.24) is 10.6 Å². The Morgan fingerprint density at radius 1 is 1.24 bits per heavy atom. The molecule has 1 heterocycles. The Morgan fingerprint density at radius 2 is 1.90 bits per heavy atom. The zero-order valence-corrected chi connectivity index (χ0v) is 13.5. The summed E-state index contributed by atoms with van der Waals surface area (Å²) in [5.41, 5.74) is -0.635. The molecule has 3 N–H and O–H groups in total. The molecule has 1 aliphatic carbocycles. The number of hydrogen-bond donors (Lipinski definition) is 3. The zero-order chi connectivity index (χ0) is 15.8. The summed E-state index contributed by atoms with van der Waals surface area (Å²) in [7, 11) is 0. The lowest BCUT2D eigenvalue weighted by molar-refractivity contribution is -0.150. The number of rotatable bonds is 3. The van der Waals surface area contributed by atoms with Crippen molar-refractivity contribution < 1.29 is 14.7 Å². The summed E-state index contributed by atoms with van der Waals surface area (Å²) in [6, 6.07) is 0.0699. The molecular weight excluding hydrogens is 268 g/mol. The van der Waals surface area contributed by atoms with E-state index in [-0.39, 0.29) is 34.6 Å². The van der Waals surface area contributed by atoms with Crippen LogP contribution in [0.1, 0.15) is 47.0 Å². The van der Waals surface area contributed by atoms with Crippen molar-refractivity contribution in [2.24, 2.45) is 22.7 Å². The van der Waals surface area contributed by atoms with Crippen LogP contribution in [-0.4, -0.2) is 36.1 Å². The van der Waals surface area contributed by atoms with Gasteiger partial charge in [0.1, 0.15) is 0 Å². The molecule has 4 atom stereocenters. The molecule has 1 saturated heterocycles. The number of nitrogens with one attached hydrogen (secondary N) is 2. The highest BCUT2D eigenvalue weighted by atomic mass is 16.4. The van der Waals surface area contributed by atoms with E-state index < -0.39 is 5.97 Å². The van der Waals surface area contributed by atoms with Crippen LogP contribution in [0, 0.1) is 22.7 Å². The third-order valence-corrected chi connectivity index (χ3v) is 5.97. The molecular formula is C16H28N2O3. The average molecular weight is 296 g/mol. The lowest BCUT2D eigenvalue weighted by atomic mass is 9.61. The van der Waals surface area contributed by atoms with Crippen LogP contribution in [0.4, 0.5) is 0 Å². The summed E-state index contributed by atoms with van der Waals surface area (Å²) in [5.74, 6) is -0.795. The van der Waals surface area contributed by atoms with Gasteiger partial charge in [-0.1, -0.05) is 20.8 Å². The highest BCUT2D eigenvalue weighted by Gasteiger charge is 2.47. The maximum atomic E-state index is 12.5. The van der Waals surface area contributed by atoms with Gasteiger partial charge in [-0.2, -0.15) is 0 Å². The summed E-state index contributed by atoms with van der Waals surface area (Å²) in [4.78, 5) is 23.9. The van der Waals surface area contributed by atoms with Crippen molar-refractivity contribution in [3.63, 3.8) is 0 Å². The normalized spacial score (nSPS) is 39.0. The van der Waals surface area contributed by atoms with Crippen LogP contribution in [0.2, 0.25) is 0 Å². The average Bonchev–Trinajstić information content (AvgIpc) is 2.83. The number of aliphatic carboxylic acids is 1. The van der Waals surface area contributed by atoms with E-state index in [1.165, 1.54) is 0 Å². The van der Waals surface area contributed by atoms with E-state index in [4.69, 9.17) is 0 Å². The minimum atomic E-state index is -0.719. The van der Waals surface area contributed by atoms with Gasteiger partial charge in [0.15, 0.2) is 0 Å². The van der Waals surface area contributed by atoms with Gasteiger partial charge in [-0.05, 0) is 44.1 Å². The van der Waals surface area contributed by atoms with Crippen molar-refractivity contribution in [3.05, 3.63) is 0 Å². The smallest absolute Gasteiger partial charge is 0.307 e. The summed E-state index contributed by atoms with van der Waals surface area (Å²) in [6.45, 7) is 9.69. The van der Waals surface area contributed by atoms with Crippen LogP contribution in [0.25, 0.3) is 0 Å². The fourth-order valence-corrected chi connectivity index (χ4v) is 3.80. The molecule has 0 aromatic heterocycles. The van der Waals surface area contributed by atoms with Crippen molar-refractivity contribution >= 4 is 11.9 Å². The van der Waals surface area contributed by atoms with Crippen molar-refractivity contribution in [1.29, 1.82) is 0 Å². The fourth-order valence-electron chi connectivity index (χ4n) is 3.80. The first-order chi connectivity index (χ1) is 9.68. The monoisotopic (exact) mass is 296 g/mol. The highest BCUT2D eigenvalue weighted by molar-refractivity contribution is 5.83. The summed E-state index contributed by atoms with van der Waals surface area (Å²) >= 11 is 0. The van der Waals surface area contributed by atoms with Gasteiger partial charge in [0, 0.05) is 12.6 Å². The minimum absolute atomic E-state index is 0.0699. The lowest BCUT2D eigenvalue weighted by Gasteiger charge is -2.46. The second-order valence-electron chi connectivity index (χ2n) is 7.65. The molecule has 4 unspecified atom stereocenters. The molecule has 120 valence electrons. The number of carboxylic acid groups (broad SMARTS) is 1. The molecule has 1 saturated carbocycles. The number of carbonyl (C=O) groups is 2. The van der Waals surface area contributed by atoms with Crippen LogP contribution in [0.15, 0.2) is 0 Å². The standard InChI is InChI=1S/C16H28N2O3/c1-10-12(6-5-11(13(19)20)15(10,2)3)18-14(21)16(4)7-8-17-9-16/h10-12,17H,5-9H2,1-4H3,(H,18,21)(H,19,20). The predicted molar refractivity (Wildman–Crippen MR) is 80.8 cm³/mol. The van der Waals surface area contributed by atoms with E-state index >= 15 is 0 Å². The predicted octanol–water partition coefficient (Wildman–Crippen LogP) is 1.63. The molecule has 2 rings (SSSR count). The largest absolute Gasteiger partial charge is 0.481 e. The maximum absolute atomic E-state index is 12.5. The van der Waals surface area contributed by atoms with Crippen LogP contribution >= 0.6 is 0 Å². The molecule has 0 radical (unpaired) electrons. The second-order valence-corrected chi connectivity index (χ2v) is 7.65. The van der Waals surface area contributed by atoms with E-state index in [0.717, 1.165) is 25.9 Å². The van der Waals surface area contributed by atoms with Gasteiger partial charge in [0.05, 0.1) is 11.3 Å². The minimum Gasteiger partial charge on any atom is -0.481 e. The van der Waals surface area contributed by atoms with Crippen LogP contribution in [-0.2, 0) is 9.59 Å². The summed E-state index contributed by atoms with van der Waals surface area (Å²) < 4.78 is 0. The third-order valence-electron chi connectivity index (χ3n) is 5.97. The first kappa shape index (κ1) is 16.3. The van der Waals surface area contributed by atoms with Crippen molar-refractivity contribution in [2.75, 3.05) is 13.1 Å². The van der Waals surface area contributed by atoms with Gasteiger partial charge in [-0.3, -0.25) is 9.59 Å². The Labute approximate surface area is 126 Å². The Kier molecular flexibility index (Phi) is 4.34. The summed E-state index contributed by atoms with van der Waals surface area (Å²) in [5, 5.41) is 15.8. The van der Waals surface area contributed by atoms with Crippen LogP contribution < -0.4 is 10.6 Å². The number of carboxylic acids is 1. The number of hydrogen-bond acceptors (Lipinski definition) is 3. The van der Waals surface area contributed by atoms with E-state index in [1.807, 2.05) is 20.8 Å². The summed E-state index contributed by atoms with van der Waals surface area (Å²) in [6.07, 6.45) is 2.24. The molecule has 21 heavy (non-hydrogen) atoms.